The average molecular weight is 213 g/mol. The van der Waals surface area contributed by atoms with Crippen molar-refractivity contribution < 1.29 is 19.4 Å². The largest absolute Gasteiger partial charge is 0.475 e. The molecule has 1 heterocycles. The molecule has 0 spiro atoms. The van der Waals surface area contributed by atoms with Gasteiger partial charge in [-0.1, -0.05) is 6.92 Å². The van der Waals surface area contributed by atoms with Gasteiger partial charge in [-0.25, -0.2) is 4.79 Å². The molecular weight excluding hydrogens is 198 g/mol. The van der Waals surface area contributed by atoms with E-state index in [1.165, 1.54) is 6.07 Å². The van der Waals surface area contributed by atoms with E-state index in [0.717, 1.165) is 0 Å². The van der Waals surface area contributed by atoms with Crippen LogP contribution in [0.3, 0.4) is 0 Å². The lowest BCUT2D eigenvalue weighted by atomic mass is 10.1. The van der Waals surface area contributed by atoms with E-state index in [-0.39, 0.29) is 12.4 Å². The predicted molar refractivity (Wildman–Crippen MR) is 55.0 cm³/mol. The second-order valence-corrected chi connectivity index (χ2v) is 3.47. The van der Waals surface area contributed by atoms with Crippen molar-refractivity contribution in [1.82, 2.24) is 0 Å². The Bertz CT molecular complexity index is 321. The first kappa shape index (κ1) is 11.6. The van der Waals surface area contributed by atoms with E-state index in [2.05, 4.69) is 5.32 Å². The van der Waals surface area contributed by atoms with E-state index >= 15 is 0 Å². The van der Waals surface area contributed by atoms with Crippen LogP contribution >= 0.6 is 0 Å². The van der Waals surface area contributed by atoms with E-state index in [0.29, 0.717) is 24.8 Å². The van der Waals surface area contributed by atoms with Crippen LogP contribution in [0.4, 0.5) is 5.88 Å². The number of rotatable bonds is 6. The summed E-state index contributed by atoms with van der Waals surface area (Å²) >= 11 is 0. The number of furan rings is 1. The van der Waals surface area contributed by atoms with Gasteiger partial charge in [0.05, 0.1) is 0 Å². The van der Waals surface area contributed by atoms with Gasteiger partial charge in [0.15, 0.2) is 5.88 Å². The molecule has 15 heavy (non-hydrogen) atoms. The van der Waals surface area contributed by atoms with E-state index in [9.17, 15) is 4.79 Å². The molecule has 0 saturated carbocycles. The van der Waals surface area contributed by atoms with Crippen molar-refractivity contribution in [2.45, 2.75) is 13.3 Å². The lowest BCUT2D eigenvalue weighted by Gasteiger charge is -2.09. The average Bonchev–Trinajstić information content (AvgIpc) is 2.63. The molecule has 1 rings (SSSR count). The molecule has 0 aliphatic carbocycles. The van der Waals surface area contributed by atoms with Crippen LogP contribution in [0.1, 0.15) is 23.9 Å². The van der Waals surface area contributed by atoms with Gasteiger partial charge in [0.1, 0.15) is 0 Å². The maximum Gasteiger partial charge on any atom is 0.371 e. The summed E-state index contributed by atoms with van der Waals surface area (Å²) < 4.78 is 5.00. The minimum atomic E-state index is -1.08. The fraction of sp³-hybridized carbons (Fsp3) is 0.500. The fourth-order valence-electron chi connectivity index (χ4n) is 1.15. The van der Waals surface area contributed by atoms with Crippen LogP contribution in [0.2, 0.25) is 0 Å². The Kier molecular flexibility index (Phi) is 4.17. The SMILES string of the molecule is CC(CCO)CNc1ccc(C(=O)O)o1. The molecule has 5 heteroatoms. The first-order chi connectivity index (χ1) is 7.13. The van der Waals surface area contributed by atoms with Crippen molar-refractivity contribution in [1.29, 1.82) is 0 Å². The molecule has 1 aromatic heterocycles. The maximum atomic E-state index is 10.5. The van der Waals surface area contributed by atoms with E-state index in [1.54, 1.807) is 6.07 Å². The minimum Gasteiger partial charge on any atom is -0.475 e. The number of anilines is 1. The predicted octanol–water partition coefficient (Wildman–Crippen LogP) is 1.41. The summed E-state index contributed by atoms with van der Waals surface area (Å²) in [4.78, 5) is 10.5. The number of aromatic carboxylic acids is 1. The normalized spacial score (nSPS) is 12.4. The van der Waals surface area contributed by atoms with Gasteiger partial charge in [0.25, 0.3) is 0 Å². The van der Waals surface area contributed by atoms with Crippen LogP contribution in [-0.4, -0.2) is 29.3 Å². The first-order valence-electron chi connectivity index (χ1n) is 4.81. The quantitative estimate of drug-likeness (QED) is 0.665. The van der Waals surface area contributed by atoms with Crippen molar-refractivity contribution in [2.24, 2.45) is 5.92 Å². The molecule has 0 aromatic carbocycles. The Balaban J connectivity index is 2.40. The molecule has 0 bridgehead atoms. The number of aliphatic hydroxyl groups is 1. The molecule has 5 nitrogen and oxygen atoms in total. The van der Waals surface area contributed by atoms with Gasteiger partial charge in [-0.3, -0.25) is 0 Å². The number of hydrogen-bond acceptors (Lipinski definition) is 4. The van der Waals surface area contributed by atoms with E-state index < -0.39 is 5.97 Å². The third kappa shape index (κ3) is 3.63. The van der Waals surface area contributed by atoms with Gasteiger partial charge in [-0.05, 0) is 18.4 Å². The molecule has 84 valence electrons. The van der Waals surface area contributed by atoms with Crippen LogP contribution in [0, 0.1) is 5.92 Å². The van der Waals surface area contributed by atoms with E-state index in [4.69, 9.17) is 14.6 Å². The molecule has 0 amide bonds. The summed E-state index contributed by atoms with van der Waals surface area (Å²) in [5, 5.41) is 20.3. The van der Waals surface area contributed by atoms with Gasteiger partial charge in [-0.2, -0.15) is 0 Å². The summed E-state index contributed by atoms with van der Waals surface area (Å²) in [6, 6.07) is 2.98. The van der Waals surface area contributed by atoms with Gasteiger partial charge in [0, 0.05) is 19.2 Å². The number of nitrogens with one attached hydrogen (secondary N) is 1. The second kappa shape index (κ2) is 5.41. The van der Waals surface area contributed by atoms with Gasteiger partial charge in [0.2, 0.25) is 5.76 Å². The molecule has 1 unspecified atom stereocenters. The Labute approximate surface area is 87.7 Å². The Morgan fingerprint density at radius 3 is 2.87 bits per heavy atom. The molecule has 0 aliphatic rings. The first-order valence-corrected chi connectivity index (χ1v) is 4.81. The lowest BCUT2D eigenvalue weighted by molar-refractivity contribution is 0.0663. The molecule has 3 N–H and O–H groups in total. The van der Waals surface area contributed by atoms with Gasteiger partial charge >= 0.3 is 5.97 Å². The zero-order valence-corrected chi connectivity index (χ0v) is 8.56. The van der Waals surface area contributed by atoms with Crippen LogP contribution in [-0.2, 0) is 0 Å². The molecule has 0 saturated heterocycles. The summed E-state index contributed by atoms with van der Waals surface area (Å²) in [6.45, 7) is 2.79. The zero-order chi connectivity index (χ0) is 11.3. The number of aliphatic hydroxyl groups excluding tert-OH is 1. The van der Waals surface area contributed by atoms with Crippen molar-refractivity contribution in [3.63, 3.8) is 0 Å². The smallest absolute Gasteiger partial charge is 0.371 e. The molecule has 1 aromatic rings. The highest BCUT2D eigenvalue weighted by atomic mass is 16.4. The maximum absolute atomic E-state index is 10.5. The highest BCUT2D eigenvalue weighted by molar-refractivity contribution is 5.84. The Morgan fingerprint density at radius 2 is 2.33 bits per heavy atom. The highest BCUT2D eigenvalue weighted by Gasteiger charge is 2.09. The third-order valence-corrected chi connectivity index (χ3v) is 2.06. The van der Waals surface area contributed by atoms with E-state index in [1.807, 2.05) is 6.92 Å². The zero-order valence-electron chi connectivity index (χ0n) is 8.56. The molecule has 1 atom stereocenters. The van der Waals surface area contributed by atoms with Crippen molar-refractivity contribution in [3.8, 4) is 0 Å². The molecular formula is C10H15NO4. The van der Waals surface area contributed by atoms with Gasteiger partial charge < -0.3 is 19.9 Å². The number of carboxylic acids is 1. The number of carbonyl (C=O) groups is 1. The van der Waals surface area contributed by atoms with Crippen LogP contribution < -0.4 is 5.32 Å². The second-order valence-electron chi connectivity index (χ2n) is 3.47. The number of carboxylic acid groups (broad SMARTS) is 1. The van der Waals surface area contributed by atoms with Gasteiger partial charge in [-0.15, -0.1) is 0 Å². The highest BCUT2D eigenvalue weighted by Crippen LogP contribution is 2.14. The standard InChI is InChI=1S/C10H15NO4/c1-7(4-5-12)6-11-9-3-2-8(15-9)10(13)14/h2-3,7,11-12H,4-6H2,1H3,(H,13,14). The van der Waals surface area contributed by atoms with Crippen molar-refractivity contribution in [3.05, 3.63) is 17.9 Å². The van der Waals surface area contributed by atoms with Crippen molar-refractivity contribution in [2.75, 3.05) is 18.5 Å². The topological polar surface area (TPSA) is 82.7 Å². The summed E-state index contributed by atoms with van der Waals surface area (Å²) in [6.07, 6.45) is 0.708. The van der Waals surface area contributed by atoms with Crippen LogP contribution in [0.5, 0.6) is 0 Å². The summed E-state index contributed by atoms with van der Waals surface area (Å²) in [5.41, 5.74) is 0. The molecule has 0 aliphatic heterocycles. The third-order valence-electron chi connectivity index (χ3n) is 2.06. The summed E-state index contributed by atoms with van der Waals surface area (Å²) in [5.74, 6) is -0.399. The minimum absolute atomic E-state index is 0.0766. The lowest BCUT2D eigenvalue weighted by Crippen LogP contribution is -2.12. The Morgan fingerprint density at radius 1 is 1.60 bits per heavy atom. The fourth-order valence-corrected chi connectivity index (χ4v) is 1.15. The Hall–Kier alpha value is -1.49. The van der Waals surface area contributed by atoms with Crippen molar-refractivity contribution >= 4 is 11.9 Å². The van der Waals surface area contributed by atoms with Crippen LogP contribution in [0.15, 0.2) is 16.5 Å². The van der Waals surface area contributed by atoms with Crippen LogP contribution in [0.25, 0.3) is 0 Å². The monoisotopic (exact) mass is 213 g/mol. The number of hydrogen-bond donors (Lipinski definition) is 3. The molecule has 0 radical (unpaired) electrons. The molecule has 0 fully saturated rings. The summed E-state index contributed by atoms with van der Waals surface area (Å²) in [7, 11) is 0.